The third-order valence-electron chi connectivity index (χ3n) is 8.88. The Labute approximate surface area is 174 Å². The lowest BCUT2D eigenvalue weighted by atomic mass is 9.44. The van der Waals surface area contributed by atoms with Crippen LogP contribution in [0.5, 0.6) is 0 Å². The highest BCUT2D eigenvalue weighted by Gasteiger charge is 2.75. The number of rotatable bonds is 2. The van der Waals surface area contributed by atoms with Crippen molar-refractivity contribution >= 4 is 23.2 Å². The van der Waals surface area contributed by atoms with Crippen LogP contribution in [0.3, 0.4) is 0 Å². The fraction of sp³-hybridized carbons (Fsp3) is 0.727. The molecule has 3 saturated carbocycles. The predicted octanol–water partition coefficient (Wildman–Crippen LogP) is 2.46. The summed E-state index contributed by atoms with van der Waals surface area (Å²) in [5, 5.41) is 32.1. The number of carbonyl (C=O) groups is 2. The van der Waals surface area contributed by atoms with Gasteiger partial charge in [-0.25, -0.2) is 4.39 Å². The molecule has 4 aliphatic rings. The van der Waals surface area contributed by atoms with Crippen LogP contribution in [0.4, 0.5) is 4.39 Å². The summed E-state index contributed by atoms with van der Waals surface area (Å²) >= 11 is 6.26. The summed E-state index contributed by atoms with van der Waals surface area (Å²) in [6, 6.07) is 0. The van der Waals surface area contributed by atoms with Gasteiger partial charge < -0.3 is 15.3 Å². The first-order valence-corrected chi connectivity index (χ1v) is 10.6. The molecule has 0 aliphatic heterocycles. The lowest BCUT2D eigenvalue weighted by Gasteiger charge is -2.62. The van der Waals surface area contributed by atoms with Crippen LogP contribution >= 0.6 is 11.6 Å². The van der Waals surface area contributed by atoms with Crippen LogP contribution in [0.2, 0.25) is 0 Å². The highest BCUT2D eigenvalue weighted by molar-refractivity contribution is 6.45. The molecule has 29 heavy (non-hydrogen) atoms. The van der Waals surface area contributed by atoms with Crippen molar-refractivity contribution in [3.8, 4) is 0 Å². The highest BCUT2D eigenvalue weighted by atomic mass is 35.5. The van der Waals surface area contributed by atoms with E-state index in [0.29, 0.717) is 24.8 Å². The van der Waals surface area contributed by atoms with E-state index < -0.39 is 52.4 Å². The van der Waals surface area contributed by atoms with Crippen molar-refractivity contribution in [1.82, 2.24) is 0 Å². The molecular formula is C22H28ClFO5. The second-order valence-electron chi connectivity index (χ2n) is 9.83. The quantitative estimate of drug-likeness (QED) is 0.630. The van der Waals surface area contributed by atoms with Crippen molar-refractivity contribution in [2.45, 2.75) is 63.8 Å². The molecule has 0 aromatic heterocycles. The van der Waals surface area contributed by atoms with Gasteiger partial charge in [-0.2, -0.15) is 0 Å². The summed E-state index contributed by atoms with van der Waals surface area (Å²) in [6.07, 6.45) is 2.44. The number of alkyl halides is 1. The lowest BCUT2D eigenvalue weighted by Crippen LogP contribution is -2.69. The maximum atomic E-state index is 17.0. The lowest BCUT2D eigenvalue weighted by molar-refractivity contribution is -0.219. The first kappa shape index (κ1) is 21.2. The summed E-state index contributed by atoms with van der Waals surface area (Å²) < 4.78 is 17.0. The van der Waals surface area contributed by atoms with E-state index in [1.165, 1.54) is 12.2 Å². The largest absolute Gasteiger partial charge is 0.390 e. The van der Waals surface area contributed by atoms with E-state index in [-0.39, 0.29) is 23.2 Å². The topological polar surface area (TPSA) is 94.8 Å². The van der Waals surface area contributed by atoms with Gasteiger partial charge >= 0.3 is 0 Å². The van der Waals surface area contributed by atoms with Crippen LogP contribution in [0, 0.1) is 28.6 Å². The number of halogens is 2. The molecule has 4 aliphatic carbocycles. The number of carbonyl (C=O) groups excluding carboxylic acids is 2. The van der Waals surface area contributed by atoms with Crippen molar-refractivity contribution in [2.75, 3.05) is 6.61 Å². The molecule has 0 saturated heterocycles. The number of ketones is 2. The first-order chi connectivity index (χ1) is 13.4. The number of fused-ring (bicyclic) bond motifs is 5. The average Bonchev–Trinajstić information content (AvgIpc) is 2.87. The standard InChI is InChI=1S/C22H28ClFO5/c1-11-8-14-12-4-5-13-18(23)15(26)6-7-19(13,2)21(12,24)16(27)9-20(14,3)22(11,29)17(28)10-25/h6-7,11-12,14,16,25,27,29H,4-5,8-10H2,1-3H3/t11?,12-,14-,16?,19-,20-,21-,22-/m0/s1. The Morgan fingerprint density at radius 2 is 2.00 bits per heavy atom. The van der Waals surface area contributed by atoms with Crippen LogP contribution in [-0.4, -0.2) is 50.9 Å². The molecule has 0 radical (unpaired) electrons. The monoisotopic (exact) mass is 426 g/mol. The van der Waals surface area contributed by atoms with Crippen LogP contribution in [-0.2, 0) is 9.59 Å². The van der Waals surface area contributed by atoms with E-state index in [2.05, 4.69) is 0 Å². The Morgan fingerprint density at radius 3 is 2.62 bits per heavy atom. The molecule has 2 unspecified atom stereocenters. The predicted molar refractivity (Wildman–Crippen MR) is 105 cm³/mol. The van der Waals surface area contributed by atoms with Gasteiger partial charge in [-0.1, -0.05) is 31.5 Å². The van der Waals surface area contributed by atoms with E-state index in [1.54, 1.807) is 20.8 Å². The minimum atomic E-state index is -2.07. The van der Waals surface area contributed by atoms with Gasteiger partial charge in [0, 0.05) is 16.7 Å². The van der Waals surface area contributed by atoms with Crippen LogP contribution in [0.15, 0.2) is 22.8 Å². The Bertz CT molecular complexity index is 854. The molecule has 5 nitrogen and oxygen atoms in total. The number of aliphatic hydroxyl groups excluding tert-OH is 2. The van der Waals surface area contributed by atoms with Crippen molar-refractivity contribution < 1.29 is 29.3 Å². The molecule has 7 heteroatoms. The first-order valence-electron chi connectivity index (χ1n) is 10.3. The van der Waals surface area contributed by atoms with E-state index in [0.717, 1.165) is 0 Å². The van der Waals surface area contributed by atoms with Gasteiger partial charge in [0.25, 0.3) is 0 Å². The molecule has 0 amide bonds. The van der Waals surface area contributed by atoms with E-state index >= 15 is 4.39 Å². The highest BCUT2D eigenvalue weighted by Crippen LogP contribution is 2.71. The number of allylic oxidation sites excluding steroid dienone is 4. The van der Waals surface area contributed by atoms with Crippen molar-refractivity contribution in [3.63, 3.8) is 0 Å². The molecule has 160 valence electrons. The molecule has 3 N–H and O–H groups in total. The second kappa shape index (κ2) is 6.22. The zero-order valence-electron chi connectivity index (χ0n) is 16.9. The Hall–Kier alpha value is -1.08. The van der Waals surface area contributed by atoms with Gasteiger partial charge in [0.15, 0.2) is 17.2 Å². The minimum absolute atomic E-state index is 0.0257. The van der Waals surface area contributed by atoms with Crippen LogP contribution < -0.4 is 0 Å². The third kappa shape index (κ3) is 2.21. The second-order valence-corrected chi connectivity index (χ2v) is 10.2. The molecule has 3 fully saturated rings. The van der Waals surface area contributed by atoms with Gasteiger partial charge in [0.2, 0.25) is 0 Å². The molecule has 4 rings (SSSR count). The zero-order chi connectivity index (χ0) is 21.6. The Morgan fingerprint density at radius 1 is 1.34 bits per heavy atom. The van der Waals surface area contributed by atoms with Gasteiger partial charge in [-0.05, 0) is 56.1 Å². The summed E-state index contributed by atoms with van der Waals surface area (Å²) in [6.45, 7) is 4.36. The SMILES string of the molecule is CC1C[C@H]2[C@@H]3CCC4=C(Cl)C(=O)C=C[C@]4(C)[C@@]3(F)C(O)C[C@]2(C)[C@@]1(O)C(=O)CO. The maximum absolute atomic E-state index is 17.0. The van der Waals surface area contributed by atoms with Gasteiger partial charge in [0.05, 0.1) is 11.1 Å². The van der Waals surface area contributed by atoms with Crippen molar-refractivity contribution in [1.29, 1.82) is 0 Å². The average molecular weight is 427 g/mol. The van der Waals surface area contributed by atoms with Crippen molar-refractivity contribution in [3.05, 3.63) is 22.8 Å². The molecule has 0 aromatic rings. The summed E-state index contributed by atoms with van der Waals surface area (Å²) in [4.78, 5) is 24.6. The van der Waals surface area contributed by atoms with Gasteiger partial charge in [-0.3, -0.25) is 9.59 Å². The van der Waals surface area contributed by atoms with E-state index in [9.17, 15) is 24.9 Å². The molecule has 0 aromatic carbocycles. The van der Waals surface area contributed by atoms with Gasteiger partial charge in [0.1, 0.15) is 12.2 Å². The third-order valence-corrected chi connectivity index (χ3v) is 9.30. The normalized spacial score (nSPS) is 51.5. The van der Waals surface area contributed by atoms with Crippen LogP contribution in [0.25, 0.3) is 0 Å². The molecule has 0 heterocycles. The van der Waals surface area contributed by atoms with Crippen molar-refractivity contribution in [2.24, 2.45) is 28.6 Å². The minimum Gasteiger partial charge on any atom is -0.390 e. The number of hydrogen-bond acceptors (Lipinski definition) is 5. The van der Waals surface area contributed by atoms with E-state index in [4.69, 9.17) is 11.6 Å². The maximum Gasteiger partial charge on any atom is 0.196 e. The van der Waals surface area contributed by atoms with Gasteiger partial charge in [-0.15, -0.1) is 0 Å². The summed E-state index contributed by atoms with van der Waals surface area (Å²) in [5.41, 5.74) is -5.66. The Balaban J connectivity index is 1.86. The van der Waals surface area contributed by atoms with E-state index in [1.807, 2.05) is 0 Å². The Kier molecular flexibility index (Phi) is 4.54. The van der Waals surface area contributed by atoms with Crippen LogP contribution in [0.1, 0.15) is 46.5 Å². The molecule has 0 spiro atoms. The molecular weight excluding hydrogens is 399 g/mol. The fourth-order valence-electron chi connectivity index (χ4n) is 7.34. The molecule has 8 atom stereocenters. The molecule has 0 bridgehead atoms. The smallest absolute Gasteiger partial charge is 0.196 e. The number of Topliss-reactive ketones (excluding diaryl/α,β-unsaturated/α-hetero) is 1. The summed E-state index contributed by atoms with van der Waals surface area (Å²) in [7, 11) is 0. The zero-order valence-corrected chi connectivity index (χ0v) is 17.7. The number of aliphatic hydroxyl groups is 3. The summed E-state index contributed by atoms with van der Waals surface area (Å²) in [5.74, 6) is -2.47. The fourth-order valence-corrected chi connectivity index (χ4v) is 7.69. The number of hydrogen-bond donors (Lipinski definition) is 3.